The number of guanidine groups is 1. The van der Waals surface area contributed by atoms with Gasteiger partial charge < -0.3 is 20.7 Å². The first-order valence-corrected chi connectivity index (χ1v) is 8.91. The molecule has 0 saturated heterocycles. The third-order valence-corrected chi connectivity index (χ3v) is 3.67. The molecule has 1 aromatic rings. The van der Waals surface area contributed by atoms with Crippen molar-refractivity contribution in [1.29, 1.82) is 0 Å². The summed E-state index contributed by atoms with van der Waals surface area (Å²) in [6.45, 7) is 10.5. The van der Waals surface area contributed by atoms with Crippen LogP contribution in [0.15, 0.2) is 23.2 Å². The fraction of sp³-hybridized carbons (Fsp3) is 0.579. The number of rotatable bonds is 9. The molecule has 0 aliphatic heterocycles. The minimum absolute atomic E-state index is 0.00575. The van der Waals surface area contributed by atoms with Crippen molar-refractivity contribution in [3.8, 4) is 5.75 Å². The molecular formula is C19H32N4O2. The molecule has 1 rings (SSSR count). The summed E-state index contributed by atoms with van der Waals surface area (Å²) in [6.07, 6.45) is 0.811. The Morgan fingerprint density at radius 2 is 1.92 bits per heavy atom. The molecule has 0 saturated carbocycles. The van der Waals surface area contributed by atoms with Gasteiger partial charge in [-0.25, -0.2) is 0 Å². The zero-order chi connectivity index (χ0) is 18.7. The molecule has 0 aliphatic carbocycles. The molecule has 0 heterocycles. The molecule has 0 fully saturated rings. The van der Waals surface area contributed by atoms with Crippen molar-refractivity contribution >= 4 is 11.9 Å². The lowest BCUT2D eigenvalue weighted by Gasteiger charge is -2.13. The van der Waals surface area contributed by atoms with Crippen molar-refractivity contribution in [2.24, 2.45) is 10.9 Å². The average Bonchev–Trinajstić information content (AvgIpc) is 2.58. The summed E-state index contributed by atoms with van der Waals surface area (Å²) in [6, 6.07) is 6.17. The smallest absolute Gasteiger partial charge is 0.222 e. The van der Waals surface area contributed by atoms with Gasteiger partial charge in [0.1, 0.15) is 5.75 Å². The Bertz CT molecular complexity index is 571. The normalized spacial score (nSPS) is 11.4. The highest BCUT2D eigenvalue weighted by Crippen LogP contribution is 2.20. The molecule has 0 aliphatic rings. The molecule has 0 unspecified atom stereocenters. The second-order valence-electron chi connectivity index (χ2n) is 6.20. The summed E-state index contributed by atoms with van der Waals surface area (Å²) >= 11 is 0. The highest BCUT2D eigenvalue weighted by Gasteiger charge is 2.06. The number of ether oxygens (including phenoxy) is 1. The monoisotopic (exact) mass is 348 g/mol. The molecule has 140 valence electrons. The maximum atomic E-state index is 11.5. The van der Waals surface area contributed by atoms with E-state index in [0.29, 0.717) is 19.6 Å². The molecule has 0 aromatic heterocycles. The van der Waals surface area contributed by atoms with Gasteiger partial charge in [-0.1, -0.05) is 31.5 Å². The van der Waals surface area contributed by atoms with E-state index in [9.17, 15) is 4.79 Å². The van der Waals surface area contributed by atoms with Crippen LogP contribution in [0.25, 0.3) is 0 Å². The van der Waals surface area contributed by atoms with Gasteiger partial charge in [0, 0.05) is 32.1 Å². The molecule has 6 heteroatoms. The number of carbonyl (C=O) groups excluding carboxylic acids is 1. The van der Waals surface area contributed by atoms with Crippen LogP contribution in [-0.2, 0) is 11.2 Å². The van der Waals surface area contributed by atoms with Crippen LogP contribution in [0.3, 0.4) is 0 Å². The molecule has 3 N–H and O–H groups in total. The molecule has 0 atom stereocenters. The van der Waals surface area contributed by atoms with Crippen LogP contribution < -0.4 is 20.7 Å². The molecule has 0 spiro atoms. The molecule has 0 radical (unpaired) electrons. The minimum Gasteiger partial charge on any atom is -0.496 e. The number of aliphatic imine (C=N–C) groups is 1. The summed E-state index contributed by atoms with van der Waals surface area (Å²) in [5, 5.41) is 9.33. The molecule has 0 bridgehead atoms. The van der Waals surface area contributed by atoms with Crippen LogP contribution in [-0.4, -0.2) is 45.2 Å². The highest BCUT2D eigenvalue weighted by molar-refractivity contribution is 5.80. The number of methoxy groups -OCH3 is 1. The summed E-state index contributed by atoms with van der Waals surface area (Å²) in [5.74, 6) is 1.73. The van der Waals surface area contributed by atoms with Crippen molar-refractivity contribution in [2.75, 3.05) is 33.3 Å². The number of benzene rings is 1. The SMILES string of the molecule is CCNC(=NCCc1cc(C)ccc1OC)NCCNC(=O)C(C)C. The maximum absolute atomic E-state index is 11.5. The first-order valence-electron chi connectivity index (χ1n) is 8.91. The summed E-state index contributed by atoms with van der Waals surface area (Å²) in [5.41, 5.74) is 2.37. The van der Waals surface area contributed by atoms with Crippen LogP contribution in [0.1, 0.15) is 31.9 Å². The summed E-state index contributed by atoms with van der Waals surface area (Å²) in [4.78, 5) is 16.1. The standard InChI is InChI=1S/C19H32N4O2/c1-6-20-19(23-12-11-21-18(24)14(2)3)22-10-9-16-13-15(4)7-8-17(16)25-5/h7-8,13-14H,6,9-12H2,1-5H3,(H,21,24)(H2,20,22,23). The number of carbonyl (C=O) groups is 1. The second-order valence-corrected chi connectivity index (χ2v) is 6.20. The highest BCUT2D eigenvalue weighted by atomic mass is 16.5. The Morgan fingerprint density at radius 1 is 1.20 bits per heavy atom. The predicted octanol–water partition coefficient (Wildman–Crippen LogP) is 1.87. The summed E-state index contributed by atoms with van der Waals surface area (Å²) in [7, 11) is 1.69. The second kappa shape index (κ2) is 11.3. The van der Waals surface area contributed by atoms with Crippen LogP contribution in [0, 0.1) is 12.8 Å². The van der Waals surface area contributed by atoms with Gasteiger partial charge in [0.2, 0.25) is 5.91 Å². The van der Waals surface area contributed by atoms with Gasteiger partial charge in [0.25, 0.3) is 0 Å². The van der Waals surface area contributed by atoms with Gasteiger partial charge in [-0.15, -0.1) is 0 Å². The first-order chi connectivity index (χ1) is 12.0. The number of nitrogens with one attached hydrogen (secondary N) is 3. The van der Waals surface area contributed by atoms with E-state index in [1.54, 1.807) is 7.11 Å². The number of amides is 1. The van der Waals surface area contributed by atoms with E-state index in [1.165, 1.54) is 5.56 Å². The van der Waals surface area contributed by atoms with E-state index in [2.05, 4.69) is 33.9 Å². The van der Waals surface area contributed by atoms with Gasteiger partial charge >= 0.3 is 0 Å². The van der Waals surface area contributed by atoms with E-state index in [1.807, 2.05) is 32.9 Å². The van der Waals surface area contributed by atoms with Crippen molar-refractivity contribution in [2.45, 2.75) is 34.1 Å². The van der Waals surface area contributed by atoms with Crippen molar-refractivity contribution in [3.63, 3.8) is 0 Å². The van der Waals surface area contributed by atoms with Crippen LogP contribution in [0.5, 0.6) is 5.75 Å². The van der Waals surface area contributed by atoms with Gasteiger partial charge in [0.15, 0.2) is 5.96 Å². The first kappa shape index (κ1) is 20.8. The summed E-state index contributed by atoms with van der Waals surface area (Å²) < 4.78 is 5.41. The third kappa shape index (κ3) is 7.92. The minimum atomic E-state index is 0.00575. The lowest BCUT2D eigenvalue weighted by molar-refractivity contribution is -0.123. The Balaban J connectivity index is 2.50. The quantitative estimate of drug-likeness (QED) is 0.362. The Kier molecular flexibility index (Phi) is 9.43. The number of aryl methyl sites for hydroxylation is 1. The predicted molar refractivity (Wildman–Crippen MR) is 103 cm³/mol. The van der Waals surface area contributed by atoms with E-state index in [-0.39, 0.29) is 11.8 Å². The number of nitrogens with zero attached hydrogens (tertiary/aromatic N) is 1. The van der Waals surface area contributed by atoms with E-state index >= 15 is 0 Å². The largest absolute Gasteiger partial charge is 0.496 e. The van der Waals surface area contributed by atoms with Crippen LogP contribution >= 0.6 is 0 Å². The lowest BCUT2D eigenvalue weighted by atomic mass is 10.1. The average molecular weight is 348 g/mol. The Hall–Kier alpha value is -2.24. The topological polar surface area (TPSA) is 74.8 Å². The van der Waals surface area contributed by atoms with E-state index in [4.69, 9.17) is 4.74 Å². The zero-order valence-corrected chi connectivity index (χ0v) is 16.1. The van der Waals surface area contributed by atoms with Gasteiger partial charge in [0.05, 0.1) is 7.11 Å². The van der Waals surface area contributed by atoms with E-state index in [0.717, 1.165) is 30.2 Å². The number of hydrogen-bond donors (Lipinski definition) is 3. The zero-order valence-electron chi connectivity index (χ0n) is 16.1. The molecule has 25 heavy (non-hydrogen) atoms. The Morgan fingerprint density at radius 3 is 2.56 bits per heavy atom. The van der Waals surface area contributed by atoms with Crippen molar-refractivity contribution in [3.05, 3.63) is 29.3 Å². The molecule has 1 amide bonds. The maximum Gasteiger partial charge on any atom is 0.222 e. The van der Waals surface area contributed by atoms with Crippen LogP contribution in [0.2, 0.25) is 0 Å². The van der Waals surface area contributed by atoms with Gasteiger partial charge in [-0.05, 0) is 31.9 Å². The van der Waals surface area contributed by atoms with Crippen molar-refractivity contribution in [1.82, 2.24) is 16.0 Å². The van der Waals surface area contributed by atoms with Crippen LogP contribution in [0.4, 0.5) is 0 Å². The fourth-order valence-electron chi connectivity index (χ4n) is 2.30. The Labute approximate surface area is 151 Å². The van der Waals surface area contributed by atoms with E-state index < -0.39 is 0 Å². The van der Waals surface area contributed by atoms with Gasteiger partial charge in [-0.2, -0.15) is 0 Å². The molecule has 1 aromatic carbocycles. The number of hydrogen-bond acceptors (Lipinski definition) is 3. The molecule has 6 nitrogen and oxygen atoms in total. The third-order valence-electron chi connectivity index (χ3n) is 3.67. The van der Waals surface area contributed by atoms with Gasteiger partial charge in [-0.3, -0.25) is 9.79 Å². The lowest BCUT2D eigenvalue weighted by Crippen LogP contribution is -2.42. The van der Waals surface area contributed by atoms with Crippen molar-refractivity contribution < 1.29 is 9.53 Å². The fourth-order valence-corrected chi connectivity index (χ4v) is 2.30. The molecular weight excluding hydrogens is 316 g/mol.